The molecule has 0 aliphatic carbocycles. The minimum absolute atomic E-state index is 0.0326. The summed E-state index contributed by atoms with van der Waals surface area (Å²) < 4.78 is 5.63. The van der Waals surface area contributed by atoms with Crippen LogP contribution in [0.2, 0.25) is 0 Å². The highest BCUT2D eigenvalue weighted by molar-refractivity contribution is 7.07. The van der Waals surface area contributed by atoms with E-state index in [1.54, 1.807) is 17.8 Å². The smallest absolute Gasteiger partial charge is 0.306 e. The first-order chi connectivity index (χ1) is 15.6. The number of amides is 3. The molecule has 3 amide bonds. The van der Waals surface area contributed by atoms with Crippen molar-refractivity contribution in [2.24, 2.45) is 11.8 Å². The van der Waals surface area contributed by atoms with E-state index in [9.17, 15) is 19.2 Å². The topological polar surface area (TPSA) is 126 Å². The Bertz CT molecular complexity index is 814. The molecule has 9 nitrogen and oxygen atoms in total. The van der Waals surface area contributed by atoms with Gasteiger partial charge in [0, 0.05) is 17.8 Å². The summed E-state index contributed by atoms with van der Waals surface area (Å²) in [5.41, 5.74) is 2.32. The van der Waals surface area contributed by atoms with Crippen molar-refractivity contribution in [2.45, 2.75) is 91.0 Å². The number of thiazole rings is 1. The molecular weight excluding hydrogens is 444 g/mol. The Hall–Kier alpha value is -2.49. The molecule has 0 saturated carbocycles. The Morgan fingerprint density at radius 3 is 2.42 bits per heavy atom. The van der Waals surface area contributed by atoms with E-state index in [1.807, 2.05) is 27.7 Å². The quantitative estimate of drug-likeness (QED) is 0.553. The Morgan fingerprint density at radius 2 is 1.82 bits per heavy atom. The fourth-order valence-electron chi connectivity index (χ4n) is 4.00. The molecule has 1 aliphatic heterocycles. The van der Waals surface area contributed by atoms with Crippen molar-refractivity contribution in [1.29, 1.82) is 0 Å². The molecule has 5 atom stereocenters. The number of nitrogens with zero attached hydrogens (tertiary/aromatic N) is 1. The first-order valence-corrected chi connectivity index (χ1v) is 12.5. The number of carbonyl (C=O) groups excluding carboxylic acids is 4. The molecule has 0 aromatic carbocycles. The van der Waals surface area contributed by atoms with Gasteiger partial charge in [0.1, 0.15) is 18.2 Å². The number of cyclic esters (lactones) is 1. The van der Waals surface area contributed by atoms with Gasteiger partial charge in [0.15, 0.2) is 0 Å². The molecular formula is C23H36N4O5S. The lowest BCUT2D eigenvalue weighted by atomic mass is 9.89. The molecule has 0 bridgehead atoms. The molecule has 184 valence electrons. The minimum atomic E-state index is -0.905. The van der Waals surface area contributed by atoms with Crippen molar-refractivity contribution in [3.63, 3.8) is 0 Å². The zero-order valence-electron chi connectivity index (χ0n) is 20.1. The highest BCUT2D eigenvalue weighted by Crippen LogP contribution is 2.19. The maximum absolute atomic E-state index is 13.0. The van der Waals surface area contributed by atoms with Crippen molar-refractivity contribution in [3.05, 3.63) is 16.6 Å². The van der Waals surface area contributed by atoms with E-state index >= 15 is 0 Å². The molecule has 1 unspecified atom stereocenters. The maximum Gasteiger partial charge on any atom is 0.306 e. The van der Waals surface area contributed by atoms with Gasteiger partial charge in [-0.15, -0.1) is 11.3 Å². The fraction of sp³-hybridized carbons (Fsp3) is 0.696. The van der Waals surface area contributed by atoms with Crippen molar-refractivity contribution in [1.82, 2.24) is 20.9 Å². The van der Waals surface area contributed by atoms with Crippen LogP contribution in [0, 0.1) is 11.8 Å². The van der Waals surface area contributed by atoms with Gasteiger partial charge in [-0.2, -0.15) is 0 Å². The zero-order valence-corrected chi connectivity index (χ0v) is 20.9. The van der Waals surface area contributed by atoms with Crippen molar-refractivity contribution < 1.29 is 23.9 Å². The number of ether oxygens (including phenoxy) is 1. The number of carbonyl (C=O) groups is 4. The van der Waals surface area contributed by atoms with Crippen LogP contribution >= 0.6 is 11.3 Å². The largest absolute Gasteiger partial charge is 0.462 e. The van der Waals surface area contributed by atoms with Crippen LogP contribution in [-0.4, -0.2) is 52.9 Å². The third-order valence-corrected chi connectivity index (χ3v) is 6.39. The predicted octanol–water partition coefficient (Wildman–Crippen LogP) is 1.96. The fourth-order valence-corrected chi connectivity index (χ4v) is 4.57. The van der Waals surface area contributed by atoms with Gasteiger partial charge in [-0.1, -0.05) is 34.1 Å². The predicted molar refractivity (Wildman–Crippen MR) is 125 cm³/mol. The summed E-state index contributed by atoms with van der Waals surface area (Å²) in [6, 6.07) is -1.99. The van der Waals surface area contributed by atoms with E-state index in [2.05, 4.69) is 20.9 Å². The Labute approximate surface area is 199 Å². The Balaban J connectivity index is 2.31. The van der Waals surface area contributed by atoms with Crippen LogP contribution in [0.1, 0.15) is 66.0 Å². The summed E-state index contributed by atoms with van der Waals surface area (Å²) in [5, 5.41) is 10.2. The highest BCUT2D eigenvalue weighted by atomic mass is 32.1. The number of nitrogens with one attached hydrogen (secondary N) is 3. The van der Waals surface area contributed by atoms with Gasteiger partial charge in [-0.3, -0.25) is 19.2 Å². The molecule has 1 saturated heterocycles. The van der Waals surface area contributed by atoms with E-state index in [-0.39, 0.29) is 43.0 Å². The Morgan fingerprint density at radius 1 is 1.09 bits per heavy atom. The molecule has 2 heterocycles. The summed E-state index contributed by atoms with van der Waals surface area (Å²) in [6.07, 6.45) is 0.990. The lowest BCUT2D eigenvalue weighted by Gasteiger charge is -2.30. The molecule has 2 rings (SSSR count). The zero-order chi connectivity index (χ0) is 24.5. The number of hydrogen-bond donors (Lipinski definition) is 3. The molecule has 0 radical (unpaired) electrons. The first kappa shape index (κ1) is 26.8. The third-order valence-electron chi connectivity index (χ3n) is 5.75. The van der Waals surface area contributed by atoms with Crippen molar-refractivity contribution >= 4 is 35.0 Å². The molecule has 1 aromatic rings. The van der Waals surface area contributed by atoms with E-state index in [4.69, 9.17) is 4.74 Å². The van der Waals surface area contributed by atoms with Crippen LogP contribution in [0.25, 0.3) is 0 Å². The van der Waals surface area contributed by atoms with Gasteiger partial charge in [-0.05, 0) is 25.2 Å². The summed E-state index contributed by atoms with van der Waals surface area (Å²) in [4.78, 5) is 55.4. The van der Waals surface area contributed by atoms with Crippen LogP contribution < -0.4 is 16.0 Å². The van der Waals surface area contributed by atoms with Gasteiger partial charge in [0.25, 0.3) is 0 Å². The second-order valence-corrected chi connectivity index (χ2v) is 9.82. The summed E-state index contributed by atoms with van der Waals surface area (Å²) in [7, 11) is 0. The average molecular weight is 481 g/mol. The van der Waals surface area contributed by atoms with Crippen LogP contribution in [0.3, 0.4) is 0 Å². The molecule has 3 N–H and O–H groups in total. The van der Waals surface area contributed by atoms with Crippen LogP contribution in [0.4, 0.5) is 0 Å². The number of hydrogen-bond acceptors (Lipinski definition) is 7. The van der Waals surface area contributed by atoms with Gasteiger partial charge in [0.05, 0.1) is 24.0 Å². The van der Waals surface area contributed by atoms with Gasteiger partial charge < -0.3 is 20.7 Å². The van der Waals surface area contributed by atoms with Gasteiger partial charge >= 0.3 is 5.97 Å². The van der Waals surface area contributed by atoms with Crippen molar-refractivity contribution in [3.8, 4) is 0 Å². The molecule has 1 fully saturated rings. The van der Waals surface area contributed by atoms with E-state index in [0.29, 0.717) is 12.1 Å². The summed E-state index contributed by atoms with van der Waals surface area (Å²) in [5.74, 6) is -1.71. The van der Waals surface area contributed by atoms with Gasteiger partial charge in [-0.25, -0.2) is 4.98 Å². The molecule has 0 spiro atoms. The molecule has 1 aromatic heterocycles. The number of esters is 1. The van der Waals surface area contributed by atoms with E-state index in [1.165, 1.54) is 11.3 Å². The maximum atomic E-state index is 13.0. The molecule has 10 heteroatoms. The van der Waals surface area contributed by atoms with Crippen LogP contribution in [-0.2, 0) is 30.3 Å². The summed E-state index contributed by atoms with van der Waals surface area (Å²) >= 11 is 1.39. The molecule has 33 heavy (non-hydrogen) atoms. The minimum Gasteiger partial charge on any atom is -0.462 e. The summed E-state index contributed by atoms with van der Waals surface area (Å²) in [6.45, 7) is 9.38. The average Bonchev–Trinajstić information content (AvgIpc) is 3.23. The monoisotopic (exact) mass is 480 g/mol. The number of aromatic nitrogens is 1. The van der Waals surface area contributed by atoms with Crippen LogP contribution in [0.5, 0.6) is 0 Å². The standard InChI is InChI=1S/C23H36N4O5S/c1-6-7-17-10-19(28)26-18(9-16-11-33-12-24-16)23(31)25-15(5)22(30)27-21(13(2)3)14(4)8-20(29)32-17/h11-15,17-18,21H,6-10H2,1-5H3,(H,25,31)(H,26,28)(H,27,30)/t14-,15+,17+,18+,21?/m0/s1. The SMILES string of the molecule is CCC[C@@H]1CC(=O)N[C@H](Cc2cscn2)C(=O)N[C@H](C)C(=O)NC(C(C)C)[C@@H](C)CC(=O)O1. The van der Waals surface area contributed by atoms with Gasteiger partial charge in [0.2, 0.25) is 17.7 Å². The van der Waals surface area contributed by atoms with Crippen LogP contribution in [0.15, 0.2) is 10.9 Å². The second kappa shape index (κ2) is 12.7. The number of rotatable bonds is 5. The van der Waals surface area contributed by atoms with E-state index in [0.717, 1.165) is 6.42 Å². The normalized spacial score (nSPS) is 28.2. The third kappa shape index (κ3) is 8.42. The first-order valence-electron chi connectivity index (χ1n) is 11.6. The molecule has 1 aliphatic rings. The lowest BCUT2D eigenvalue weighted by molar-refractivity contribution is -0.152. The highest BCUT2D eigenvalue weighted by Gasteiger charge is 2.31. The second-order valence-electron chi connectivity index (χ2n) is 9.10. The van der Waals surface area contributed by atoms with Crippen molar-refractivity contribution in [2.75, 3.05) is 0 Å². The van der Waals surface area contributed by atoms with E-state index < -0.39 is 36.0 Å². The Kier molecular flexibility index (Phi) is 10.3. The lowest BCUT2D eigenvalue weighted by Crippen LogP contribution is -2.55.